The Morgan fingerprint density at radius 1 is 1.56 bits per heavy atom. The van der Waals surface area contributed by atoms with Crippen molar-refractivity contribution >= 4 is 0 Å². The summed E-state index contributed by atoms with van der Waals surface area (Å²) in [7, 11) is 0. The predicted octanol–water partition coefficient (Wildman–Crippen LogP) is 1.09. The average molecular weight is 131 g/mol. The van der Waals surface area contributed by atoms with Crippen molar-refractivity contribution in [3.05, 3.63) is 0 Å². The first-order chi connectivity index (χ1) is 4.00. The van der Waals surface area contributed by atoms with Crippen molar-refractivity contribution in [3.63, 3.8) is 0 Å². The van der Waals surface area contributed by atoms with E-state index in [1.54, 1.807) is 0 Å². The first kappa shape index (κ1) is 8.92. The van der Waals surface area contributed by atoms with Crippen LogP contribution in [0.3, 0.4) is 0 Å². The Labute approximate surface area is 57.1 Å². The van der Waals surface area contributed by atoms with Gasteiger partial charge in [0.25, 0.3) is 0 Å². The second kappa shape index (κ2) is 3.18. The molecule has 2 nitrogen and oxygen atoms in total. The third kappa shape index (κ3) is 2.82. The van der Waals surface area contributed by atoms with E-state index < -0.39 is 6.23 Å². The Morgan fingerprint density at radius 3 is 2.11 bits per heavy atom. The lowest BCUT2D eigenvalue weighted by Gasteiger charge is -2.26. The summed E-state index contributed by atoms with van der Waals surface area (Å²) >= 11 is 0. The summed E-state index contributed by atoms with van der Waals surface area (Å²) in [5.74, 6) is 0. The molecule has 0 aliphatic carbocycles. The Morgan fingerprint density at radius 2 is 2.00 bits per heavy atom. The minimum Gasteiger partial charge on any atom is -0.378 e. The molecule has 1 unspecified atom stereocenters. The molecule has 0 saturated carbocycles. The Hall–Kier alpha value is -0.0800. The van der Waals surface area contributed by atoms with Gasteiger partial charge in [-0.05, 0) is 6.42 Å². The average Bonchev–Trinajstić information content (AvgIpc) is 1.65. The van der Waals surface area contributed by atoms with Crippen molar-refractivity contribution in [1.82, 2.24) is 0 Å². The molecule has 0 radical (unpaired) electrons. The van der Waals surface area contributed by atoms with E-state index in [4.69, 9.17) is 10.8 Å². The monoisotopic (exact) mass is 131 g/mol. The van der Waals surface area contributed by atoms with Gasteiger partial charge in [-0.25, -0.2) is 0 Å². The van der Waals surface area contributed by atoms with Gasteiger partial charge in [0.2, 0.25) is 0 Å². The Bertz CT molecular complexity index is 79.0. The van der Waals surface area contributed by atoms with Crippen LogP contribution >= 0.6 is 0 Å². The first-order valence-electron chi connectivity index (χ1n) is 3.44. The summed E-state index contributed by atoms with van der Waals surface area (Å²) in [6.45, 7) is 6.03. The lowest BCUT2D eigenvalue weighted by molar-refractivity contribution is 0.0491. The smallest absolute Gasteiger partial charge is 0.107 e. The number of aliphatic hydroxyl groups excluding tert-OH is 1. The molecule has 2 heteroatoms. The summed E-state index contributed by atoms with van der Waals surface area (Å²) in [5, 5.41) is 8.99. The third-order valence-corrected chi connectivity index (χ3v) is 1.70. The highest BCUT2D eigenvalue weighted by Gasteiger charge is 2.22. The highest BCUT2D eigenvalue weighted by Crippen LogP contribution is 2.23. The summed E-state index contributed by atoms with van der Waals surface area (Å²) < 4.78 is 0. The van der Waals surface area contributed by atoms with Crippen LogP contribution in [0, 0.1) is 5.41 Å². The van der Waals surface area contributed by atoms with E-state index in [0.29, 0.717) is 0 Å². The van der Waals surface area contributed by atoms with E-state index in [1.165, 1.54) is 0 Å². The van der Waals surface area contributed by atoms with Gasteiger partial charge in [-0.1, -0.05) is 27.2 Å². The van der Waals surface area contributed by atoms with Crippen LogP contribution in [0.5, 0.6) is 0 Å². The minimum absolute atomic E-state index is 0.116. The molecule has 0 spiro atoms. The molecule has 9 heavy (non-hydrogen) atoms. The molecule has 1 atom stereocenters. The van der Waals surface area contributed by atoms with Crippen LogP contribution in [0.1, 0.15) is 33.6 Å². The predicted molar refractivity (Wildman–Crippen MR) is 38.9 cm³/mol. The highest BCUT2D eigenvalue weighted by molar-refractivity contribution is 4.71. The maximum Gasteiger partial charge on any atom is 0.107 e. The fraction of sp³-hybridized carbons (Fsp3) is 1.00. The van der Waals surface area contributed by atoms with Crippen LogP contribution in [0.25, 0.3) is 0 Å². The number of hydrogen-bond donors (Lipinski definition) is 2. The fourth-order valence-corrected chi connectivity index (χ4v) is 0.792. The van der Waals surface area contributed by atoms with Crippen molar-refractivity contribution in [3.8, 4) is 0 Å². The maximum atomic E-state index is 8.99. The number of aliphatic hydroxyl groups is 1. The van der Waals surface area contributed by atoms with E-state index in [-0.39, 0.29) is 5.41 Å². The number of hydrogen-bond acceptors (Lipinski definition) is 2. The number of nitrogens with two attached hydrogens (primary N) is 1. The van der Waals surface area contributed by atoms with Crippen LogP contribution in [-0.2, 0) is 0 Å². The standard InChI is InChI=1S/C7H17NO/c1-4-5-7(2,3)6(8)9/h6,9H,4-5,8H2,1-3H3. The van der Waals surface area contributed by atoms with Crippen LogP contribution in [0.15, 0.2) is 0 Å². The van der Waals surface area contributed by atoms with Gasteiger partial charge in [0.15, 0.2) is 0 Å². The quantitative estimate of drug-likeness (QED) is 0.563. The minimum atomic E-state index is -0.683. The van der Waals surface area contributed by atoms with Crippen molar-refractivity contribution in [1.29, 1.82) is 0 Å². The molecule has 0 aromatic carbocycles. The van der Waals surface area contributed by atoms with Crippen molar-refractivity contribution in [2.75, 3.05) is 0 Å². The maximum absolute atomic E-state index is 8.99. The van der Waals surface area contributed by atoms with Gasteiger partial charge in [-0.2, -0.15) is 0 Å². The van der Waals surface area contributed by atoms with Crippen LogP contribution in [0.2, 0.25) is 0 Å². The molecule has 0 rings (SSSR count). The second-order valence-corrected chi connectivity index (χ2v) is 3.18. The largest absolute Gasteiger partial charge is 0.378 e. The van der Waals surface area contributed by atoms with Gasteiger partial charge in [0.1, 0.15) is 6.23 Å². The van der Waals surface area contributed by atoms with Crippen molar-refractivity contribution < 1.29 is 5.11 Å². The summed E-state index contributed by atoms with van der Waals surface area (Å²) in [5.41, 5.74) is 5.20. The Kier molecular flexibility index (Phi) is 3.15. The molecule has 56 valence electrons. The van der Waals surface area contributed by atoms with E-state index >= 15 is 0 Å². The number of rotatable bonds is 3. The zero-order valence-corrected chi connectivity index (χ0v) is 6.52. The van der Waals surface area contributed by atoms with E-state index in [9.17, 15) is 0 Å². The molecule has 0 fully saturated rings. The molecule has 0 aliphatic rings. The topological polar surface area (TPSA) is 46.2 Å². The first-order valence-corrected chi connectivity index (χ1v) is 3.44. The molecule has 0 aliphatic heterocycles. The molecule has 0 amide bonds. The van der Waals surface area contributed by atoms with Gasteiger partial charge in [-0.15, -0.1) is 0 Å². The normalized spacial score (nSPS) is 15.7. The molecule has 0 aromatic rings. The second-order valence-electron chi connectivity index (χ2n) is 3.18. The SMILES string of the molecule is CCCC(C)(C)C(N)O. The molecular formula is C7H17NO. The van der Waals surface area contributed by atoms with E-state index in [0.717, 1.165) is 12.8 Å². The lowest BCUT2D eigenvalue weighted by atomic mass is 9.86. The third-order valence-electron chi connectivity index (χ3n) is 1.70. The van der Waals surface area contributed by atoms with Crippen LogP contribution < -0.4 is 5.73 Å². The fourth-order valence-electron chi connectivity index (χ4n) is 0.792. The molecule has 0 saturated heterocycles. The molecular weight excluding hydrogens is 114 g/mol. The lowest BCUT2D eigenvalue weighted by Crippen LogP contribution is -2.36. The molecule has 3 N–H and O–H groups in total. The Balaban J connectivity index is 3.70. The van der Waals surface area contributed by atoms with Gasteiger partial charge >= 0.3 is 0 Å². The summed E-state index contributed by atoms with van der Waals surface area (Å²) in [6, 6.07) is 0. The van der Waals surface area contributed by atoms with Crippen LogP contribution in [-0.4, -0.2) is 11.3 Å². The van der Waals surface area contributed by atoms with E-state index in [2.05, 4.69) is 6.92 Å². The highest BCUT2D eigenvalue weighted by atomic mass is 16.3. The van der Waals surface area contributed by atoms with Gasteiger partial charge in [0, 0.05) is 5.41 Å². The molecule has 0 bridgehead atoms. The zero-order chi connectivity index (χ0) is 7.49. The van der Waals surface area contributed by atoms with Gasteiger partial charge in [-0.3, -0.25) is 0 Å². The molecule has 0 aromatic heterocycles. The van der Waals surface area contributed by atoms with Crippen molar-refractivity contribution in [2.24, 2.45) is 11.1 Å². The van der Waals surface area contributed by atoms with Crippen molar-refractivity contribution in [2.45, 2.75) is 39.8 Å². The van der Waals surface area contributed by atoms with Gasteiger partial charge in [0.05, 0.1) is 0 Å². The van der Waals surface area contributed by atoms with Crippen LogP contribution in [0.4, 0.5) is 0 Å². The summed E-state index contributed by atoms with van der Waals surface area (Å²) in [6.07, 6.45) is 1.36. The zero-order valence-electron chi connectivity index (χ0n) is 6.52. The summed E-state index contributed by atoms with van der Waals surface area (Å²) in [4.78, 5) is 0. The van der Waals surface area contributed by atoms with Gasteiger partial charge < -0.3 is 10.8 Å². The molecule has 0 heterocycles. The van der Waals surface area contributed by atoms with E-state index in [1.807, 2.05) is 13.8 Å².